The minimum Gasteiger partial charge on any atom is -0.451 e. The molecule has 28 heavy (non-hydrogen) atoms. The van der Waals surface area contributed by atoms with Crippen molar-refractivity contribution in [2.75, 3.05) is 25.0 Å². The Hall–Kier alpha value is -2.30. The van der Waals surface area contributed by atoms with Gasteiger partial charge in [0.25, 0.3) is 5.91 Å². The Bertz CT molecular complexity index is 948. The predicted molar refractivity (Wildman–Crippen MR) is 107 cm³/mol. The molecule has 0 bridgehead atoms. The van der Waals surface area contributed by atoms with Crippen molar-refractivity contribution in [3.8, 4) is 0 Å². The van der Waals surface area contributed by atoms with Crippen molar-refractivity contribution in [3.63, 3.8) is 0 Å². The Kier molecular flexibility index (Phi) is 7.28. The van der Waals surface area contributed by atoms with Crippen molar-refractivity contribution >= 4 is 38.9 Å². The van der Waals surface area contributed by atoms with Crippen LogP contribution in [0, 0.1) is 13.8 Å². The van der Waals surface area contributed by atoms with Crippen molar-refractivity contribution in [3.05, 3.63) is 39.8 Å². The van der Waals surface area contributed by atoms with Gasteiger partial charge in [0, 0.05) is 18.8 Å². The molecule has 152 valence electrons. The van der Waals surface area contributed by atoms with Gasteiger partial charge in [-0.3, -0.25) is 4.79 Å². The standard InChI is InChI=1S/C18H23N3O5S2/c1-5-21(6-2)28(24,25)15-9-7-14(8-10-15)20-16(22)11-26-18(23)17-12(3)19-13(4)27-17/h7-10H,5-6,11H2,1-4H3,(H,20,22). The summed E-state index contributed by atoms with van der Waals surface area (Å²) in [5, 5.41) is 3.31. The number of anilines is 1. The zero-order valence-corrected chi connectivity index (χ0v) is 17.8. The Morgan fingerprint density at radius 2 is 1.75 bits per heavy atom. The van der Waals surface area contributed by atoms with Crippen LogP contribution in [0.25, 0.3) is 0 Å². The van der Waals surface area contributed by atoms with Crippen LogP contribution in [0.4, 0.5) is 5.69 Å². The summed E-state index contributed by atoms with van der Waals surface area (Å²) in [5.74, 6) is -1.12. The summed E-state index contributed by atoms with van der Waals surface area (Å²) in [4.78, 5) is 28.7. The number of carbonyl (C=O) groups is 2. The molecule has 8 nitrogen and oxygen atoms in total. The highest BCUT2D eigenvalue weighted by Crippen LogP contribution is 2.19. The Morgan fingerprint density at radius 3 is 2.25 bits per heavy atom. The lowest BCUT2D eigenvalue weighted by Gasteiger charge is -2.18. The predicted octanol–water partition coefficient (Wildman–Crippen LogP) is 2.59. The van der Waals surface area contributed by atoms with Gasteiger partial charge in [0.05, 0.1) is 15.6 Å². The highest BCUT2D eigenvalue weighted by molar-refractivity contribution is 7.89. The van der Waals surface area contributed by atoms with Crippen LogP contribution >= 0.6 is 11.3 Å². The third-order valence-corrected chi connectivity index (χ3v) is 7.02. The molecule has 0 aliphatic carbocycles. The van der Waals surface area contributed by atoms with Gasteiger partial charge in [-0.15, -0.1) is 11.3 Å². The van der Waals surface area contributed by atoms with Crippen LogP contribution < -0.4 is 5.32 Å². The molecule has 0 fully saturated rings. The molecule has 2 aromatic rings. The van der Waals surface area contributed by atoms with E-state index in [9.17, 15) is 18.0 Å². The van der Waals surface area contributed by atoms with E-state index in [4.69, 9.17) is 4.74 Å². The molecule has 2 rings (SSSR count). The molecule has 1 amide bonds. The summed E-state index contributed by atoms with van der Waals surface area (Å²) >= 11 is 1.21. The lowest BCUT2D eigenvalue weighted by atomic mass is 10.3. The van der Waals surface area contributed by atoms with Crippen molar-refractivity contribution in [1.82, 2.24) is 9.29 Å². The average molecular weight is 426 g/mol. The SMILES string of the molecule is CCN(CC)S(=O)(=O)c1ccc(NC(=O)COC(=O)c2sc(C)nc2C)cc1. The van der Waals surface area contributed by atoms with Gasteiger partial charge in [0.15, 0.2) is 6.61 Å². The first-order valence-electron chi connectivity index (χ1n) is 8.70. The minimum absolute atomic E-state index is 0.150. The van der Waals surface area contributed by atoms with E-state index in [0.717, 1.165) is 5.01 Å². The van der Waals surface area contributed by atoms with Gasteiger partial charge in [-0.1, -0.05) is 13.8 Å². The molecule has 10 heteroatoms. The first kappa shape index (κ1) is 22.0. The van der Waals surface area contributed by atoms with Crippen LogP contribution in [-0.2, 0) is 19.6 Å². The van der Waals surface area contributed by atoms with Gasteiger partial charge in [0.1, 0.15) is 4.88 Å². The number of hydrogen-bond acceptors (Lipinski definition) is 7. The summed E-state index contributed by atoms with van der Waals surface area (Å²) in [5.41, 5.74) is 0.974. The molecule has 0 atom stereocenters. The van der Waals surface area contributed by atoms with Crippen molar-refractivity contribution < 1.29 is 22.7 Å². The van der Waals surface area contributed by atoms with Crippen LogP contribution in [0.15, 0.2) is 29.2 Å². The van der Waals surface area contributed by atoms with Crippen LogP contribution in [-0.4, -0.2) is 49.3 Å². The number of amides is 1. The van der Waals surface area contributed by atoms with E-state index in [1.165, 1.54) is 39.9 Å². The molecule has 0 aliphatic heterocycles. The smallest absolute Gasteiger partial charge is 0.350 e. The van der Waals surface area contributed by atoms with E-state index in [-0.39, 0.29) is 4.90 Å². The van der Waals surface area contributed by atoms with E-state index in [2.05, 4.69) is 10.3 Å². The number of aryl methyl sites for hydroxylation is 2. The van der Waals surface area contributed by atoms with Crippen molar-refractivity contribution in [2.45, 2.75) is 32.6 Å². The average Bonchev–Trinajstić information content (AvgIpc) is 2.99. The van der Waals surface area contributed by atoms with E-state index >= 15 is 0 Å². The third kappa shape index (κ3) is 5.15. The second kappa shape index (κ2) is 9.26. The van der Waals surface area contributed by atoms with Gasteiger partial charge in [-0.2, -0.15) is 4.31 Å². The van der Waals surface area contributed by atoms with E-state index in [0.29, 0.717) is 29.3 Å². The highest BCUT2D eigenvalue weighted by Gasteiger charge is 2.21. The van der Waals surface area contributed by atoms with Crippen LogP contribution in [0.3, 0.4) is 0 Å². The van der Waals surface area contributed by atoms with Gasteiger partial charge < -0.3 is 10.1 Å². The summed E-state index contributed by atoms with van der Waals surface area (Å²) < 4.78 is 31.3. The largest absolute Gasteiger partial charge is 0.451 e. The van der Waals surface area contributed by atoms with Crippen LogP contribution in [0.2, 0.25) is 0 Å². The number of rotatable bonds is 8. The normalized spacial score (nSPS) is 11.5. The van der Waals surface area contributed by atoms with Gasteiger partial charge in [-0.25, -0.2) is 18.2 Å². The highest BCUT2D eigenvalue weighted by atomic mass is 32.2. The first-order valence-corrected chi connectivity index (χ1v) is 11.0. The summed E-state index contributed by atoms with van der Waals surface area (Å²) in [6.45, 7) is 7.33. The zero-order valence-electron chi connectivity index (χ0n) is 16.2. The molecular weight excluding hydrogens is 402 g/mol. The van der Waals surface area contributed by atoms with E-state index in [1.807, 2.05) is 0 Å². The number of thiazole rings is 1. The second-order valence-electron chi connectivity index (χ2n) is 5.89. The monoisotopic (exact) mass is 425 g/mol. The number of hydrogen-bond donors (Lipinski definition) is 1. The maximum absolute atomic E-state index is 12.4. The molecule has 1 heterocycles. The number of benzene rings is 1. The van der Waals surface area contributed by atoms with Gasteiger partial charge in [0.2, 0.25) is 10.0 Å². The number of carbonyl (C=O) groups excluding carboxylic acids is 2. The summed E-state index contributed by atoms with van der Waals surface area (Å²) in [7, 11) is -3.55. The maximum atomic E-state index is 12.4. The number of nitrogens with zero attached hydrogens (tertiary/aromatic N) is 2. The quantitative estimate of drug-likeness (QED) is 0.652. The molecule has 0 saturated heterocycles. The molecule has 1 N–H and O–H groups in total. The number of nitrogens with one attached hydrogen (secondary N) is 1. The maximum Gasteiger partial charge on any atom is 0.350 e. The number of esters is 1. The second-order valence-corrected chi connectivity index (χ2v) is 9.03. The molecule has 0 unspecified atom stereocenters. The molecule has 0 saturated carbocycles. The fourth-order valence-corrected chi connectivity index (χ4v) is 4.81. The lowest BCUT2D eigenvalue weighted by molar-refractivity contribution is -0.119. The Morgan fingerprint density at radius 1 is 1.14 bits per heavy atom. The summed E-state index contributed by atoms with van der Waals surface area (Å²) in [6, 6.07) is 5.84. The molecular formula is C18H23N3O5S2. The molecule has 0 spiro atoms. The molecule has 0 aliphatic rings. The lowest BCUT2D eigenvalue weighted by Crippen LogP contribution is -2.30. The van der Waals surface area contributed by atoms with Gasteiger partial charge >= 0.3 is 5.97 Å². The van der Waals surface area contributed by atoms with Gasteiger partial charge in [-0.05, 0) is 38.1 Å². The number of aromatic nitrogens is 1. The van der Waals surface area contributed by atoms with Crippen molar-refractivity contribution in [2.24, 2.45) is 0 Å². The fraction of sp³-hybridized carbons (Fsp3) is 0.389. The molecule has 0 radical (unpaired) electrons. The Labute approximate surface area is 168 Å². The van der Waals surface area contributed by atoms with E-state index in [1.54, 1.807) is 27.7 Å². The fourth-order valence-electron chi connectivity index (χ4n) is 2.54. The number of sulfonamides is 1. The van der Waals surface area contributed by atoms with Crippen LogP contribution in [0.5, 0.6) is 0 Å². The molecule has 1 aromatic carbocycles. The van der Waals surface area contributed by atoms with E-state index < -0.39 is 28.5 Å². The zero-order chi connectivity index (χ0) is 20.9. The summed E-state index contributed by atoms with van der Waals surface area (Å²) in [6.07, 6.45) is 0. The number of ether oxygens (including phenoxy) is 1. The topological polar surface area (TPSA) is 106 Å². The third-order valence-electron chi connectivity index (χ3n) is 3.90. The van der Waals surface area contributed by atoms with Crippen molar-refractivity contribution in [1.29, 1.82) is 0 Å². The molecule has 1 aromatic heterocycles. The minimum atomic E-state index is -3.55. The first-order chi connectivity index (χ1) is 13.2. The van der Waals surface area contributed by atoms with Crippen LogP contribution in [0.1, 0.15) is 34.2 Å². The Balaban J connectivity index is 1.96.